The predicted octanol–water partition coefficient (Wildman–Crippen LogP) is 1.10. The Hall–Kier alpha value is -1.51. The lowest BCUT2D eigenvalue weighted by Crippen LogP contribution is -2.52. The zero-order valence-electron chi connectivity index (χ0n) is 16.2. The number of aromatic nitrogens is 1. The number of carbonyl (C=O) groups excluding carboxylic acids is 2. The van der Waals surface area contributed by atoms with Crippen LogP contribution in [-0.4, -0.2) is 71.9 Å². The van der Waals surface area contributed by atoms with Crippen molar-refractivity contribution in [3.63, 3.8) is 0 Å². The van der Waals surface area contributed by atoms with E-state index < -0.39 is 0 Å². The Morgan fingerprint density at radius 3 is 2.78 bits per heavy atom. The molecule has 0 bridgehead atoms. The number of amides is 2. The lowest BCUT2D eigenvalue weighted by molar-refractivity contribution is -0.123. The van der Waals surface area contributed by atoms with E-state index in [0.717, 1.165) is 30.9 Å². The topological polar surface area (TPSA) is 91.6 Å². The standard InChI is InChI=1S/C19H31N5O2S/c1-14-3-2-4-15(11-14)21-17(25)12-23-7-9-24(10-8-23)19(26)16-13-27-18(22-16)5-6-20/h13-15H,2-12,20H2,1H3,(H,21,25). The van der Waals surface area contributed by atoms with E-state index >= 15 is 0 Å². The molecule has 27 heavy (non-hydrogen) atoms. The Morgan fingerprint density at radius 2 is 2.07 bits per heavy atom. The van der Waals surface area contributed by atoms with Gasteiger partial charge in [-0.15, -0.1) is 11.3 Å². The maximum absolute atomic E-state index is 12.6. The third-order valence-electron chi connectivity index (χ3n) is 5.46. The number of hydrogen-bond acceptors (Lipinski definition) is 6. The van der Waals surface area contributed by atoms with Crippen LogP contribution in [0.4, 0.5) is 0 Å². The summed E-state index contributed by atoms with van der Waals surface area (Å²) in [5.74, 6) is 0.796. The number of thiazole rings is 1. The van der Waals surface area contributed by atoms with Gasteiger partial charge < -0.3 is 16.0 Å². The average molecular weight is 394 g/mol. The van der Waals surface area contributed by atoms with E-state index in [9.17, 15) is 9.59 Å². The number of nitrogens with zero attached hydrogens (tertiary/aromatic N) is 3. The lowest BCUT2D eigenvalue weighted by Gasteiger charge is -2.34. The number of piperazine rings is 1. The van der Waals surface area contributed by atoms with Crippen molar-refractivity contribution in [1.29, 1.82) is 0 Å². The van der Waals surface area contributed by atoms with Crippen LogP contribution in [0.5, 0.6) is 0 Å². The molecule has 1 saturated heterocycles. The fraction of sp³-hybridized carbons (Fsp3) is 0.737. The van der Waals surface area contributed by atoms with E-state index in [1.165, 1.54) is 24.2 Å². The molecule has 2 amide bonds. The Labute approximate surface area is 165 Å². The number of nitrogens with two attached hydrogens (primary N) is 1. The van der Waals surface area contributed by atoms with Crippen LogP contribution in [0.3, 0.4) is 0 Å². The third-order valence-corrected chi connectivity index (χ3v) is 6.37. The first-order valence-corrected chi connectivity index (χ1v) is 10.9. The SMILES string of the molecule is CC1CCCC(NC(=O)CN2CCN(C(=O)c3csc(CCN)n3)CC2)C1. The van der Waals surface area contributed by atoms with Crippen molar-refractivity contribution in [2.75, 3.05) is 39.3 Å². The maximum Gasteiger partial charge on any atom is 0.273 e. The summed E-state index contributed by atoms with van der Waals surface area (Å²) in [4.78, 5) is 33.3. The van der Waals surface area contributed by atoms with Crippen LogP contribution >= 0.6 is 11.3 Å². The van der Waals surface area contributed by atoms with Crippen LogP contribution in [0.25, 0.3) is 0 Å². The van der Waals surface area contributed by atoms with Crippen molar-refractivity contribution in [3.05, 3.63) is 16.1 Å². The largest absolute Gasteiger partial charge is 0.352 e. The van der Waals surface area contributed by atoms with Gasteiger partial charge in [0.1, 0.15) is 5.69 Å². The molecule has 2 atom stereocenters. The summed E-state index contributed by atoms with van der Waals surface area (Å²) in [7, 11) is 0. The quantitative estimate of drug-likeness (QED) is 0.755. The molecule has 8 heteroatoms. The Balaban J connectivity index is 1.41. The van der Waals surface area contributed by atoms with Crippen molar-refractivity contribution >= 4 is 23.2 Å². The van der Waals surface area contributed by atoms with E-state index in [4.69, 9.17) is 5.73 Å². The highest BCUT2D eigenvalue weighted by molar-refractivity contribution is 7.09. The number of hydrogen-bond donors (Lipinski definition) is 2. The van der Waals surface area contributed by atoms with E-state index in [2.05, 4.69) is 22.1 Å². The number of nitrogens with one attached hydrogen (secondary N) is 1. The molecule has 7 nitrogen and oxygen atoms in total. The average Bonchev–Trinajstić information content (AvgIpc) is 3.11. The molecule has 1 saturated carbocycles. The first-order chi connectivity index (χ1) is 13.0. The van der Waals surface area contributed by atoms with Gasteiger partial charge in [-0.3, -0.25) is 14.5 Å². The summed E-state index contributed by atoms with van der Waals surface area (Å²) >= 11 is 1.49. The van der Waals surface area contributed by atoms with E-state index in [0.29, 0.717) is 50.3 Å². The van der Waals surface area contributed by atoms with E-state index in [1.54, 1.807) is 0 Å². The highest BCUT2D eigenvalue weighted by Crippen LogP contribution is 2.23. The van der Waals surface area contributed by atoms with Crippen molar-refractivity contribution in [2.45, 2.75) is 45.1 Å². The molecule has 2 aliphatic rings. The molecule has 2 unspecified atom stereocenters. The molecule has 1 aromatic rings. The summed E-state index contributed by atoms with van der Waals surface area (Å²) in [5.41, 5.74) is 6.06. The summed E-state index contributed by atoms with van der Waals surface area (Å²) in [6.07, 6.45) is 5.37. The van der Waals surface area contributed by atoms with Gasteiger partial charge in [0, 0.05) is 44.0 Å². The van der Waals surface area contributed by atoms with Crippen LogP contribution in [0.1, 0.15) is 48.1 Å². The Morgan fingerprint density at radius 1 is 1.30 bits per heavy atom. The molecule has 1 aliphatic carbocycles. The Kier molecular flexibility index (Phi) is 7.20. The molecule has 0 radical (unpaired) electrons. The summed E-state index contributed by atoms with van der Waals surface area (Å²) in [6.45, 7) is 5.94. The zero-order chi connectivity index (χ0) is 19.2. The maximum atomic E-state index is 12.6. The van der Waals surface area contributed by atoms with Crippen molar-refractivity contribution < 1.29 is 9.59 Å². The van der Waals surface area contributed by atoms with Crippen LogP contribution in [0.2, 0.25) is 0 Å². The van der Waals surface area contributed by atoms with Crippen LogP contribution in [-0.2, 0) is 11.2 Å². The van der Waals surface area contributed by atoms with Gasteiger partial charge >= 0.3 is 0 Å². The van der Waals surface area contributed by atoms with Crippen molar-refractivity contribution in [3.8, 4) is 0 Å². The zero-order valence-corrected chi connectivity index (χ0v) is 17.0. The monoisotopic (exact) mass is 393 g/mol. The van der Waals surface area contributed by atoms with Crippen molar-refractivity contribution in [2.24, 2.45) is 11.7 Å². The van der Waals surface area contributed by atoms with Crippen LogP contribution in [0, 0.1) is 5.92 Å². The molecular formula is C19H31N5O2S. The molecule has 3 rings (SSSR count). The summed E-state index contributed by atoms with van der Waals surface area (Å²) in [5, 5.41) is 5.92. The van der Waals surface area contributed by atoms with Gasteiger partial charge in [-0.05, 0) is 25.3 Å². The van der Waals surface area contributed by atoms with E-state index in [-0.39, 0.29) is 11.8 Å². The first kappa shape index (κ1) is 20.2. The van der Waals surface area contributed by atoms with Gasteiger partial charge in [-0.1, -0.05) is 19.8 Å². The highest BCUT2D eigenvalue weighted by atomic mass is 32.1. The second-order valence-corrected chi connectivity index (χ2v) is 8.71. The minimum absolute atomic E-state index is 0.0187. The van der Waals surface area contributed by atoms with Crippen LogP contribution in [0.15, 0.2) is 5.38 Å². The normalized spacial score (nSPS) is 24.0. The molecule has 0 spiro atoms. The number of rotatable bonds is 6. The number of carbonyl (C=O) groups is 2. The fourth-order valence-corrected chi connectivity index (χ4v) is 4.75. The van der Waals surface area contributed by atoms with Crippen LogP contribution < -0.4 is 11.1 Å². The molecule has 3 N–H and O–H groups in total. The van der Waals surface area contributed by atoms with Crippen molar-refractivity contribution in [1.82, 2.24) is 20.1 Å². The van der Waals surface area contributed by atoms with Gasteiger partial charge in [-0.2, -0.15) is 0 Å². The van der Waals surface area contributed by atoms with E-state index in [1.807, 2.05) is 10.3 Å². The molecule has 0 aromatic carbocycles. The second kappa shape index (κ2) is 9.61. The molecule has 150 valence electrons. The smallest absolute Gasteiger partial charge is 0.273 e. The molecule has 2 fully saturated rings. The third kappa shape index (κ3) is 5.73. The minimum atomic E-state index is -0.0187. The second-order valence-electron chi connectivity index (χ2n) is 7.77. The molecule has 1 aliphatic heterocycles. The van der Waals surface area contributed by atoms with Gasteiger partial charge in [0.25, 0.3) is 5.91 Å². The highest BCUT2D eigenvalue weighted by Gasteiger charge is 2.26. The lowest BCUT2D eigenvalue weighted by atomic mass is 9.87. The molecule has 1 aromatic heterocycles. The molecule has 2 heterocycles. The van der Waals surface area contributed by atoms with Gasteiger partial charge in [0.2, 0.25) is 5.91 Å². The fourth-order valence-electron chi connectivity index (χ4n) is 3.96. The first-order valence-electron chi connectivity index (χ1n) is 10.0. The predicted molar refractivity (Wildman–Crippen MR) is 107 cm³/mol. The molecular weight excluding hydrogens is 362 g/mol. The Bertz CT molecular complexity index is 642. The van der Waals surface area contributed by atoms with Gasteiger partial charge in [0.05, 0.1) is 11.6 Å². The van der Waals surface area contributed by atoms with Gasteiger partial charge in [0.15, 0.2) is 0 Å². The summed E-state index contributed by atoms with van der Waals surface area (Å²) in [6, 6.07) is 0.330. The minimum Gasteiger partial charge on any atom is -0.352 e. The van der Waals surface area contributed by atoms with Gasteiger partial charge in [-0.25, -0.2) is 4.98 Å². The summed E-state index contributed by atoms with van der Waals surface area (Å²) < 4.78 is 0.